The molecule has 1 saturated heterocycles. The van der Waals surface area contributed by atoms with Gasteiger partial charge in [-0.25, -0.2) is 0 Å². The number of nitrogens with zero attached hydrogens (tertiary/aromatic N) is 1. The summed E-state index contributed by atoms with van der Waals surface area (Å²) in [5.41, 5.74) is 5.15. The topological polar surface area (TPSA) is 63.4 Å². The quantitative estimate of drug-likeness (QED) is 0.701. The Kier molecular flexibility index (Phi) is 3.43. The van der Waals surface area contributed by atoms with E-state index >= 15 is 0 Å². The molecule has 1 aliphatic heterocycles. The highest BCUT2D eigenvalue weighted by Gasteiger charge is 2.35. The first-order valence-electron chi connectivity index (χ1n) is 4.74. The Hall–Kier alpha value is -1.13. The fourth-order valence-electron chi connectivity index (χ4n) is 1.79. The van der Waals surface area contributed by atoms with Crippen LogP contribution in [0, 0.1) is 5.92 Å². The standard InChI is InChI=1S/C9H15FN2O2/c1-2-7(9(11)14)12-5-6(4-10)3-8(12)13/h6-7H,2-5H2,1H3,(H2,11,14)/t6-,7+/m0/s1. The predicted molar refractivity (Wildman–Crippen MR) is 49.1 cm³/mol. The van der Waals surface area contributed by atoms with Crippen molar-refractivity contribution in [3.8, 4) is 0 Å². The monoisotopic (exact) mass is 202 g/mol. The largest absolute Gasteiger partial charge is 0.368 e. The summed E-state index contributed by atoms with van der Waals surface area (Å²) in [5.74, 6) is -0.949. The van der Waals surface area contributed by atoms with Crippen molar-refractivity contribution >= 4 is 11.8 Å². The molecule has 0 aliphatic carbocycles. The molecule has 0 unspecified atom stereocenters. The van der Waals surface area contributed by atoms with Gasteiger partial charge in [0.25, 0.3) is 0 Å². The molecule has 80 valence electrons. The van der Waals surface area contributed by atoms with E-state index in [1.54, 1.807) is 6.92 Å². The molecule has 1 aliphatic rings. The highest BCUT2D eigenvalue weighted by molar-refractivity contribution is 5.87. The first-order chi connectivity index (χ1) is 6.60. The molecule has 0 aromatic rings. The fraction of sp³-hybridized carbons (Fsp3) is 0.778. The molecule has 2 N–H and O–H groups in total. The van der Waals surface area contributed by atoms with Crippen LogP contribution < -0.4 is 5.73 Å². The van der Waals surface area contributed by atoms with E-state index in [1.165, 1.54) is 4.90 Å². The summed E-state index contributed by atoms with van der Waals surface area (Å²) in [7, 11) is 0. The molecule has 0 spiro atoms. The molecule has 0 bridgehead atoms. The third kappa shape index (κ3) is 2.02. The molecule has 2 atom stereocenters. The summed E-state index contributed by atoms with van der Waals surface area (Å²) in [5, 5.41) is 0. The van der Waals surface area contributed by atoms with Crippen molar-refractivity contribution in [1.29, 1.82) is 0 Å². The van der Waals surface area contributed by atoms with Crippen molar-refractivity contribution < 1.29 is 14.0 Å². The van der Waals surface area contributed by atoms with Crippen molar-refractivity contribution in [2.45, 2.75) is 25.8 Å². The van der Waals surface area contributed by atoms with Gasteiger partial charge in [-0.05, 0) is 6.42 Å². The average molecular weight is 202 g/mol. The summed E-state index contributed by atoms with van der Waals surface area (Å²) < 4.78 is 12.3. The van der Waals surface area contributed by atoms with Crippen molar-refractivity contribution in [2.24, 2.45) is 11.7 Å². The number of amides is 2. The van der Waals surface area contributed by atoms with Gasteiger partial charge in [-0.15, -0.1) is 0 Å². The van der Waals surface area contributed by atoms with Crippen LogP contribution in [-0.2, 0) is 9.59 Å². The second-order valence-electron chi connectivity index (χ2n) is 3.60. The number of alkyl halides is 1. The molecular weight excluding hydrogens is 187 g/mol. The zero-order valence-corrected chi connectivity index (χ0v) is 8.20. The van der Waals surface area contributed by atoms with Crippen molar-refractivity contribution in [1.82, 2.24) is 4.90 Å². The van der Waals surface area contributed by atoms with Crippen LogP contribution >= 0.6 is 0 Å². The van der Waals surface area contributed by atoms with Crippen LogP contribution in [0.2, 0.25) is 0 Å². The SMILES string of the molecule is CC[C@H](C(N)=O)N1C[C@H](CF)CC1=O. The molecule has 5 heteroatoms. The molecule has 0 radical (unpaired) electrons. The number of rotatable bonds is 4. The minimum atomic E-state index is -0.570. The molecule has 4 nitrogen and oxygen atoms in total. The Morgan fingerprint density at radius 2 is 2.43 bits per heavy atom. The van der Waals surface area contributed by atoms with E-state index in [4.69, 9.17) is 5.73 Å². The number of hydrogen-bond donors (Lipinski definition) is 1. The van der Waals surface area contributed by atoms with Gasteiger partial charge in [0.1, 0.15) is 6.04 Å². The lowest BCUT2D eigenvalue weighted by Crippen LogP contribution is -2.45. The maximum absolute atomic E-state index is 12.3. The number of carbonyl (C=O) groups is 2. The van der Waals surface area contributed by atoms with Crippen LogP contribution in [0.3, 0.4) is 0 Å². The van der Waals surface area contributed by atoms with Crippen LogP contribution in [0.1, 0.15) is 19.8 Å². The summed E-state index contributed by atoms with van der Waals surface area (Å²) in [6.45, 7) is 1.58. The first kappa shape index (κ1) is 10.9. The van der Waals surface area contributed by atoms with Crippen molar-refractivity contribution in [2.75, 3.05) is 13.2 Å². The lowest BCUT2D eigenvalue weighted by molar-refractivity contribution is -0.136. The lowest BCUT2D eigenvalue weighted by Gasteiger charge is -2.24. The number of halogens is 1. The first-order valence-corrected chi connectivity index (χ1v) is 4.74. The van der Waals surface area contributed by atoms with E-state index in [1.807, 2.05) is 0 Å². The summed E-state index contributed by atoms with van der Waals surface area (Å²) in [6.07, 6.45) is 0.681. The maximum Gasteiger partial charge on any atom is 0.240 e. The molecule has 0 aromatic carbocycles. The van der Waals surface area contributed by atoms with Crippen LogP contribution in [0.25, 0.3) is 0 Å². The van der Waals surface area contributed by atoms with E-state index in [-0.39, 0.29) is 18.2 Å². The fourth-order valence-corrected chi connectivity index (χ4v) is 1.79. The highest BCUT2D eigenvalue weighted by Crippen LogP contribution is 2.21. The third-order valence-electron chi connectivity index (χ3n) is 2.55. The minimum Gasteiger partial charge on any atom is -0.368 e. The molecule has 1 rings (SSSR count). The van der Waals surface area contributed by atoms with Crippen LogP contribution in [-0.4, -0.2) is 36.0 Å². The summed E-state index contributed by atoms with van der Waals surface area (Å²) in [4.78, 5) is 23.8. The molecule has 14 heavy (non-hydrogen) atoms. The van der Waals surface area contributed by atoms with E-state index in [2.05, 4.69) is 0 Å². The van der Waals surface area contributed by atoms with E-state index < -0.39 is 18.6 Å². The zero-order chi connectivity index (χ0) is 10.7. The van der Waals surface area contributed by atoms with Gasteiger partial charge in [-0.2, -0.15) is 0 Å². The molecule has 0 saturated carbocycles. The van der Waals surface area contributed by atoms with Crippen molar-refractivity contribution in [3.63, 3.8) is 0 Å². The molecule has 2 amide bonds. The molecule has 1 heterocycles. The molecular formula is C9H15FN2O2. The van der Waals surface area contributed by atoms with E-state index in [9.17, 15) is 14.0 Å². The van der Waals surface area contributed by atoms with E-state index in [0.717, 1.165) is 0 Å². The van der Waals surface area contributed by atoms with Crippen molar-refractivity contribution in [3.05, 3.63) is 0 Å². The molecule has 0 aromatic heterocycles. The Bertz CT molecular complexity index is 245. The maximum atomic E-state index is 12.3. The van der Waals surface area contributed by atoms with Gasteiger partial charge in [0.05, 0.1) is 6.67 Å². The Morgan fingerprint density at radius 1 is 1.79 bits per heavy atom. The molecule has 1 fully saturated rings. The van der Waals surface area contributed by atoms with Gasteiger partial charge in [0.2, 0.25) is 11.8 Å². The highest BCUT2D eigenvalue weighted by atomic mass is 19.1. The normalized spacial score (nSPS) is 24.0. The van der Waals surface area contributed by atoms with Crippen LogP contribution in [0.15, 0.2) is 0 Å². The second-order valence-corrected chi connectivity index (χ2v) is 3.60. The number of nitrogens with two attached hydrogens (primary N) is 1. The van der Waals surface area contributed by atoms with E-state index in [0.29, 0.717) is 13.0 Å². The van der Waals surface area contributed by atoms with Gasteiger partial charge in [-0.1, -0.05) is 6.92 Å². The summed E-state index contributed by atoms with van der Waals surface area (Å²) in [6, 6.07) is -0.570. The summed E-state index contributed by atoms with van der Waals surface area (Å²) >= 11 is 0. The number of likely N-dealkylation sites (tertiary alicyclic amines) is 1. The van der Waals surface area contributed by atoms with Gasteiger partial charge in [0.15, 0.2) is 0 Å². The van der Waals surface area contributed by atoms with Gasteiger partial charge >= 0.3 is 0 Å². The second kappa shape index (κ2) is 4.39. The van der Waals surface area contributed by atoms with Gasteiger partial charge in [0, 0.05) is 18.9 Å². The van der Waals surface area contributed by atoms with Gasteiger partial charge < -0.3 is 10.6 Å². The lowest BCUT2D eigenvalue weighted by atomic mass is 10.1. The Balaban J connectivity index is 2.68. The predicted octanol–water partition coefficient (Wildman–Crippen LogP) is 0.0683. The number of primary amides is 1. The Labute approximate surface area is 82.2 Å². The van der Waals surface area contributed by atoms with Crippen LogP contribution in [0.4, 0.5) is 4.39 Å². The minimum absolute atomic E-state index is 0.168. The number of hydrogen-bond acceptors (Lipinski definition) is 2. The Morgan fingerprint density at radius 3 is 2.79 bits per heavy atom. The van der Waals surface area contributed by atoms with Crippen LogP contribution in [0.5, 0.6) is 0 Å². The third-order valence-corrected chi connectivity index (χ3v) is 2.55. The zero-order valence-electron chi connectivity index (χ0n) is 8.20. The van der Waals surface area contributed by atoms with Gasteiger partial charge in [-0.3, -0.25) is 14.0 Å². The number of carbonyl (C=O) groups excluding carboxylic acids is 2. The smallest absolute Gasteiger partial charge is 0.240 e. The average Bonchev–Trinajstić information content (AvgIpc) is 2.48.